The first-order valence-electron chi connectivity index (χ1n) is 10.0. The number of ether oxygens (including phenoxy) is 2. The molecule has 1 aliphatic heterocycles. The first-order valence-corrected chi connectivity index (χ1v) is 11.2. The summed E-state index contributed by atoms with van der Waals surface area (Å²) in [6.45, 7) is 4.61. The highest BCUT2D eigenvalue weighted by molar-refractivity contribution is 7.21. The van der Waals surface area contributed by atoms with Gasteiger partial charge in [0.15, 0.2) is 16.7 Å². The Labute approximate surface area is 189 Å². The lowest BCUT2D eigenvalue weighted by molar-refractivity contribution is 0.155. The van der Waals surface area contributed by atoms with Crippen molar-refractivity contribution < 1.29 is 9.47 Å². The second kappa shape index (κ2) is 8.11. The Morgan fingerprint density at radius 3 is 2.77 bits per heavy atom. The molecule has 0 saturated heterocycles. The smallest absolute Gasteiger partial charge is 0.193 e. The molecular formula is C22H22ClN5O2S. The van der Waals surface area contributed by atoms with Gasteiger partial charge in [0.2, 0.25) is 0 Å². The predicted molar refractivity (Wildman–Crippen MR) is 122 cm³/mol. The Morgan fingerprint density at radius 2 is 1.97 bits per heavy atom. The molecule has 5 rings (SSSR count). The van der Waals surface area contributed by atoms with Gasteiger partial charge in [0.1, 0.15) is 11.5 Å². The summed E-state index contributed by atoms with van der Waals surface area (Å²) in [4.78, 5) is 7.13. The predicted octanol–water partition coefficient (Wildman–Crippen LogP) is 4.80. The van der Waals surface area contributed by atoms with Gasteiger partial charge in [-0.15, -0.1) is 21.5 Å². The number of aromatic nitrogens is 4. The molecule has 1 atom stereocenters. The summed E-state index contributed by atoms with van der Waals surface area (Å²) in [6.07, 6.45) is 0. The second-order valence-electron chi connectivity index (χ2n) is 7.49. The van der Waals surface area contributed by atoms with Crippen LogP contribution in [0.1, 0.15) is 24.4 Å². The number of benzene rings is 2. The van der Waals surface area contributed by atoms with E-state index in [-0.39, 0.29) is 6.04 Å². The van der Waals surface area contributed by atoms with E-state index in [0.29, 0.717) is 5.02 Å². The van der Waals surface area contributed by atoms with Gasteiger partial charge in [-0.3, -0.25) is 4.90 Å². The van der Waals surface area contributed by atoms with E-state index in [9.17, 15) is 0 Å². The van der Waals surface area contributed by atoms with Crippen molar-refractivity contribution in [2.45, 2.75) is 26.1 Å². The van der Waals surface area contributed by atoms with Gasteiger partial charge >= 0.3 is 0 Å². The van der Waals surface area contributed by atoms with Gasteiger partial charge < -0.3 is 14.0 Å². The van der Waals surface area contributed by atoms with E-state index in [0.717, 1.165) is 63.6 Å². The zero-order valence-electron chi connectivity index (χ0n) is 17.5. The lowest BCUT2D eigenvalue weighted by Crippen LogP contribution is -2.36. The van der Waals surface area contributed by atoms with E-state index >= 15 is 0 Å². The Hall–Kier alpha value is -2.68. The normalized spacial score (nSPS) is 16.5. The number of rotatable bonds is 5. The summed E-state index contributed by atoms with van der Waals surface area (Å²) in [6, 6.07) is 11.8. The first-order chi connectivity index (χ1) is 15.1. The summed E-state index contributed by atoms with van der Waals surface area (Å²) in [5.41, 5.74) is 2.05. The number of fused-ring (bicyclic) bond motifs is 2. The molecule has 1 aliphatic rings. The highest BCUT2D eigenvalue weighted by atomic mass is 35.5. The van der Waals surface area contributed by atoms with Gasteiger partial charge in [-0.05, 0) is 31.2 Å². The van der Waals surface area contributed by atoms with Crippen molar-refractivity contribution in [2.75, 3.05) is 20.8 Å². The summed E-state index contributed by atoms with van der Waals surface area (Å²) >= 11 is 7.73. The topological polar surface area (TPSA) is 65.3 Å². The maximum atomic E-state index is 6.13. The number of hydrogen-bond donors (Lipinski definition) is 0. The summed E-state index contributed by atoms with van der Waals surface area (Å²) in [5.74, 6) is 3.38. The first kappa shape index (κ1) is 20.2. The van der Waals surface area contributed by atoms with Crippen LogP contribution in [0.2, 0.25) is 5.02 Å². The molecule has 2 aromatic carbocycles. The Bertz CT molecular complexity index is 1250. The molecule has 0 amide bonds. The SMILES string of the molecule is COc1ccc(CN2CCn3c(-c4nc5ccc(Cl)cc5s4)nnc3C2C)c(OC)c1. The number of methoxy groups -OCH3 is 2. The molecule has 1 unspecified atom stereocenters. The largest absolute Gasteiger partial charge is 0.497 e. The Balaban J connectivity index is 1.42. The highest BCUT2D eigenvalue weighted by Crippen LogP contribution is 2.35. The molecule has 2 aromatic heterocycles. The molecule has 4 aromatic rings. The van der Waals surface area contributed by atoms with Crippen molar-refractivity contribution in [2.24, 2.45) is 0 Å². The number of nitrogens with zero attached hydrogens (tertiary/aromatic N) is 5. The molecule has 9 heteroatoms. The fraction of sp³-hybridized carbons (Fsp3) is 0.318. The number of hydrogen-bond acceptors (Lipinski definition) is 7. The van der Waals surface area contributed by atoms with Crippen LogP contribution in [0.4, 0.5) is 0 Å². The van der Waals surface area contributed by atoms with Crippen LogP contribution in [0.5, 0.6) is 11.5 Å². The highest BCUT2D eigenvalue weighted by Gasteiger charge is 2.30. The lowest BCUT2D eigenvalue weighted by atomic mass is 10.1. The monoisotopic (exact) mass is 455 g/mol. The van der Waals surface area contributed by atoms with Crippen LogP contribution in [0.15, 0.2) is 36.4 Å². The second-order valence-corrected chi connectivity index (χ2v) is 8.96. The molecule has 0 spiro atoms. The third-order valence-electron chi connectivity index (χ3n) is 5.72. The van der Waals surface area contributed by atoms with Gasteiger partial charge in [-0.1, -0.05) is 17.7 Å². The number of thiazole rings is 1. The standard InChI is InChI=1S/C22H22ClN5O2S/c1-13-20-25-26-21(22-24-17-7-5-15(23)10-19(17)31-22)28(20)9-8-27(13)12-14-4-6-16(29-2)11-18(14)30-3/h4-7,10-11,13H,8-9,12H2,1-3H3. The maximum absolute atomic E-state index is 6.13. The van der Waals surface area contributed by atoms with Crippen molar-refractivity contribution in [1.82, 2.24) is 24.6 Å². The minimum Gasteiger partial charge on any atom is -0.497 e. The molecule has 160 valence electrons. The third-order valence-corrected chi connectivity index (χ3v) is 6.97. The van der Waals surface area contributed by atoms with Crippen molar-refractivity contribution >= 4 is 33.2 Å². The fourth-order valence-electron chi connectivity index (χ4n) is 4.00. The molecule has 7 nitrogen and oxygen atoms in total. The van der Waals surface area contributed by atoms with E-state index in [2.05, 4.69) is 32.7 Å². The Kier molecular flexibility index (Phi) is 5.29. The van der Waals surface area contributed by atoms with E-state index in [1.807, 2.05) is 30.3 Å². The van der Waals surface area contributed by atoms with Crippen LogP contribution in [0.25, 0.3) is 21.0 Å². The van der Waals surface area contributed by atoms with Gasteiger partial charge in [0, 0.05) is 36.3 Å². The summed E-state index contributed by atoms with van der Waals surface area (Å²) in [7, 11) is 3.34. The van der Waals surface area contributed by atoms with Crippen LogP contribution >= 0.6 is 22.9 Å². The molecule has 31 heavy (non-hydrogen) atoms. The van der Waals surface area contributed by atoms with Gasteiger partial charge in [0.25, 0.3) is 0 Å². The zero-order valence-corrected chi connectivity index (χ0v) is 19.1. The molecular weight excluding hydrogens is 434 g/mol. The van der Waals surface area contributed by atoms with Gasteiger partial charge in [-0.25, -0.2) is 4.98 Å². The molecule has 0 N–H and O–H groups in total. The van der Waals surface area contributed by atoms with Crippen LogP contribution < -0.4 is 9.47 Å². The van der Waals surface area contributed by atoms with Crippen molar-refractivity contribution in [3.05, 3.63) is 52.8 Å². The average molecular weight is 456 g/mol. The molecule has 0 fully saturated rings. The minimum absolute atomic E-state index is 0.116. The molecule has 3 heterocycles. The van der Waals surface area contributed by atoms with Crippen molar-refractivity contribution in [3.8, 4) is 22.3 Å². The van der Waals surface area contributed by atoms with Crippen LogP contribution in [0, 0.1) is 0 Å². The van der Waals surface area contributed by atoms with Crippen LogP contribution in [-0.4, -0.2) is 45.4 Å². The molecule has 0 radical (unpaired) electrons. The maximum Gasteiger partial charge on any atom is 0.193 e. The Morgan fingerprint density at radius 1 is 1.10 bits per heavy atom. The third kappa shape index (κ3) is 3.64. The van der Waals surface area contributed by atoms with Crippen molar-refractivity contribution in [3.63, 3.8) is 0 Å². The van der Waals surface area contributed by atoms with E-state index in [1.165, 1.54) is 0 Å². The summed E-state index contributed by atoms with van der Waals surface area (Å²) < 4.78 is 14.1. The molecule has 0 saturated carbocycles. The number of halogens is 1. The molecule has 0 bridgehead atoms. The summed E-state index contributed by atoms with van der Waals surface area (Å²) in [5, 5.41) is 10.6. The average Bonchev–Trinajstić information content (AvgIpc) is 3.39. The van der Waals surface area contributed by atoms with E-state index < -0.39 is 0 Å². The zero-order chi connectivity index (χ0) is 21.5. The quantitative estimate of drug-likeness (QED) is 0.430. The van der Waals surface area contributed by atoms with E-state index in [4.69, 9.17) is 26.1 Å². The van der Waals surface area contributed by atoms with Crippen LogP contribution in [0.3, 0.4) is 0 Å². The van der Waals surface area contributed by atoms with Crippen molar-refractivity contribution in [1.29, 1.82) is 0 Å². The van der Waals surface area contributed by atoms with Crippen LogP contribution in [-0.2, 0) is 13.1 Å². The molecule has 0 aliphatic carbocycles. The minimum atomic E-state index is 0.116. The fourth-order valence-corrected chi connectivity index (χ4v) is 5.24. The van der Waals surface area contributed by atoms with Gasteiger partial charge in [-0.2, -0.15) is 0 Å². The lowest BCUT2D eigenvalue weighted by Gasteiger charge is -2.33. The van der Waals surface area contributed by atoms with Gasteiger partial charge in [0.05, 0.1) is 30.5 Å². The van der Waals surface area contributed by atoms with E-state index in [1.54, 1.807) is 25.6 Å².